The first-order valence-electron chi connectivity index (χ1n) is 9.56. The van der Waals surface area contributed by atoms with Gasteiger partial charge >= 0.3 is 0 Å². The van der Waals surface area contributed by atoms with Crippen molar-refractivity contribution in [3.05, 3.63) is 57.9 Å². The van der Waals surface area contributed by atoms with E-state index in [0.29, 0.717) is 18.7 Å². The van der Waals surface area contributed by atoms with Crippen molar-refractivity contribution < 1.29 is 22.5 Å². The van der Waals surface area contributed by atoms with E-state index in [1.54, 1.807) is 18.0 Å². The summed E-state index contributed by atoms with van der Waals surface area (Å²) in [6.45, 7) is 1.03. The molecule has 3 rings (SSSR count). The lowest BCUT2D eigenvalue weighted by atomic mass is 10.1. The largest absolute Gasteiger partial charge is 0.494 e. The molecule has 1 heterocycles. The highest BCUT2D eigenvalue weighted by Crippen LogP contribution is 2.33. The molecule has 0 radical (unpaired) electrons. The third kappa shape index (κ3) is 4.54. The molecular formula is C20H24FN3O5S. The van der Waals surface area contributed by atoms with Crippen molar-refractivity contribution in [2.75, 3.05) is 32.1 Å². The van der Waals surface area contributed by atoms with Gasteiger partial charge in [0.25, 0.3) is 5.69 Å². The van der Waals surface area contributed by atoms with Crippen molar-refractivity contribution in [2.24, 2.45) is 0 Å². The first-order chi connectivity index (χ1) is 14.2. The summed E-state index contributed by atoms with van der Waals surface area (Å²) < 4.78 is 46.0. The molecule has 10 heteroatoms. The van der Waals surface area contributed by atoms with Gasteiger partial charge in [0, 0.05) is 32.7 Å². The minimum atomic E-state index is -3.79. The van der Waals surface area contributed by atoms with Gasteiger partial charge in [0.15, 0.2) is 11.6 Å². The summed E-state index contributed by atoms with van der Waals surface area (Å²) in [5.41, 5.74) is 0.522. The number of ether oxygens (including phenoxy) is 1. The number of benzene rings is 2. The van der Waals surface area contributed by atoms with E-state index in [1.807, 2.05) is 0 Å². The molecule has 2 aromatic rings. The maximum Gasteiger partial charge on any atom is 0.293 e. The van der Waals surface area contributed by atoms with E-state index < -0.39 is 20.8 Å². The Kier molecular flexibility index (Phi) is 6.57. The van der Waals surface area contributed by atoms with Crippen molar-refractivity contribution >= 4 is 21.4 Å². The molecule has 8 nitrogen and oxygen atoms in total. The first kappa shape index (κ1) is 22.0. The van der Waals surface area contributed by atoms with Crippen molar-refractivity contribution in [3.8, 4) is 5.75 Å². The Morgan fingerprint density at radius 1 is 1.17 bits per heavy atom. The third-order valence-electron chi connectivity index (χ3n) is 5.14. The van der Waals surface area contributed by atoms with E-state index in [9.17, 15) is 22.9 Å². The second kappa shape index (κ2) is 8.97. The number of methoxy groups -OCH3 is 1. The van der Waals surface area contributed by atoms with Crippen molar-refractivity contribution in [1.82, 2.24) is 4.31 Å². The van der Waals surface area contributed by atoms with Crippen LogP contribution in [0.3, 0.4) is 0 Å². The van der Waals surface area contributed by atoms with Gasteiger partial charge in [0.1, 0.15) is 5.69 Å². The van der Waals surface area contributed by atoms with Gasteiger partial charge in [-0.3, -0.25) is 10.1 Å². The predicted molar refractivity (Wildman–Crippen MR) is 111 cm³/mol. The van der Waals surface area contributed by atoms with Crippen molar-refractivity contribution in [3.63, 3.8) is 0 Å². The predicted octanol–water partition coefficient (Wildman–Crippen LogP) is 3.55. The third-order valence-corrected chi connectivity index (χ3v) is 7.04. The zero-order valence-electron chi connectivity index (χ0n) is 16.9. The average Bonchev–Trinajstić information content (AvgIpc) is 2.74. The molecule has 0 atom stereocenters. The number of sulfonamides is 1. The van der Waals surface area contributed by atoms with Gasteiger partial charge in [-0.25, -0.2) is 12.8 Å². The Labute approximate surface area is 175 Å². The fourth-order valence-corrected chi connectivity index (χ4v) is 5.09. The van der Waals surface area contributed by atoms with Crippen LogP contribution in [0.25, 0.3) is 0 Å². The quantitative estimate of drug-likeness (QED) is 0.486. The number of anilines is 1. The molecule has 0 saturated carbocycles. The number of nitro groups is 1. The SMILES string of the molecule is COc1ccc(CN(C)c2ccc(S(=O)(=O)N3CCCCC3)cc2[N+](=O)[O-])cc1F. The van der Waals surface area contributed by atoms with Gasteiger partial charge in [-0.2, -0.15) is 4.31 Å². The van der Waals surface area contributed by atoms with E-state index in [4.69, 9.17) is 4.74 Å². The molecule has 0 aromatic heterocycles. The molecule has 1 fully saturated rings. The summed E-state index contributed by atoms with van der Waals surface area (Å²) in [5, 5.41) is 11.7. The number of nitrogens with zero attached hydrogens (tertiary/aromatic N) is 3. The Bertz CT molecular complexity index is 1040. The van der Waals surface area contributed by atoms with Crippen LogP contribution in [-0.4, -0.2) is 44.9 Å². The van der Waals surface area contributed by atoms with Crippen LogP contribution in [0.1, 0.15) is 24.8 Å². The molecule has 30 heavy (non-hydrogen) atoms. The highest BCUT2D eigenvalue weighted by Gasteiger charge is 2.29. The summed E-state index contributed by atoms with van der Waals surface area (Å²) in [6.07, 6.45) is 2.53. The summed E-state index contributed by atoms with van der Waals surface area (Å²) in [4.78, 5) is 12.6. The van der Waals surface area contributed by atoms with Gasteiger partial charge in [0.05, 0.1) is 16.9 Å². The zero-order chi connectivity index (χ0) is 21.9. The molecule has 1 aliphatic rings. The topological polar surface area (TPSA) is 93.0 Å². The van der Waals surface area contributed by atoms with Gasteiger partial charge in [-0.15, -0.1) is 0 Å². The van der Waals surface area contributed by atoms with Crippen LogP contribution in [0.2, 0.25) is 0 Å². The van der Waals surface area contributed by atoms with Crippen LogP contribution >= 0.6 is 0 Å². The molecule has 0 N–H and O–H groups in total. The molecule has 0 amide bonds. The van der Waals surface area contributed by atoms with Gasteiger partial charge < -0.3 is 9.64 Å². The summed E-state index contributed by atoms with van der Waals surface area (Å²) in [6, 6.07) is 8.37. The van der Waals surface area contributed by atoms with Gasteiger partial charge in [-0.1, -0.05) is 12.5 Å². The maximum absolute atomic E-state index is 13.9. The van der Waals surface area contributed by atoms with E-state index in [1.165, 1.54) is 35.7 Å². The molecule has 0 unspecified atom stereocenters. The van der Waals surface area contributed by atoms with Crippen LogP contribution in [0.4, 0.5) is 15.8 Å². The number of nitro benzene ring substituents is 1. The fraction of sp³-hybridized carbons (Fsp3) is 0.400. The highest BCUT2D eigenvalue weighted by molar-refractivity contribution is 7.89. The smallest absolute Gasteiger partial charge is 0.293 e. The zero-order valence-corrected chi connectivity index (χ0v) is 17.7. The average molecular weight is 437 g/mol. The number of rotatable bonds is 7. The molecular weight excluding hydrogens is 413 g/mol. The van der Waals surface area contributed by atoms with Crippen molar-refractivity contribution in [1.29, 1.82) is 0 Å². The van der Waals surface area contributed by atoms with Crippen LogP contribution in [0.15, 0.2) is 41.3 Å². The van der Waals surface area contributed by atoms with Crippen LogP contribution < -0.4 is 9.64 Å². The number of halogens is 1. The standard InChI is InChI=1S/C20H24FN3O5S/c1-22(14-15-6-9-20(29-2)17(21)12-15)18-8-7-16(13-19(18)24(25)26)30(27,28)23-10-4-3-5-11-23/h6-9,12-13H,3-5,10-11,14H2,1-2H3. The fourth-order valence-electron chi connectivity index (χ4n) is 3.55. The van der Waals surface area contributed by atoms with Gasteiger partial charge in [-0.05, 0) is 42.7 Å². The molecule has 1 saturated heterocycles. The molecule has 2 aromatic carbocycles. The lowest BCUT2D eigenvalue weighted by Gasteiger charge is -2.26. The lowest BCUT2D eigenvalue weighted by molar-refractivity contribution is -0.384. The van der Waals surface area contributed by atoms with E-state index >= 15 is 0 Å². The lowest BCUT2D eigenvalue weighted by Crippen LogP contribution is -2.35. The van der Waals surface area contributed by atoms with Crippen LogP contribution in [0.5, 0.6) is 5.75 Å². The molecule has 1 aliphatic heterocycles. The molecule has 0 bridgehead atoms. The first-order valence-corrected chi connectivity index (χ1v) is 11.0. The Morgan fingerprint density at radius 3 is 2.47 bits per heavy atom. The highest BCUT2D eigenvalue weighted by atomic mass is 32.2. The Hall–Kier alpha value is -2.72. The second-order valence-corrected chi connectivity index (χ2v) is 9.14. The number of hydrogen-bond acceptors (Lipinski definition) is 6. The Balaban J connectivity index is 1.89. The summed E-state index contributed by atoms with van der Waals surface area (Å²) in [5.74, 6) is -0.416. The van der Waals surface area contributed by atoms with Crippen LogP contribution in [0, 0.1) is 15.9 Å². The normalized spacial score (nSPS) is 15.0. The minimum absolute atomic E-state index is 0.0938. The van der Waals surface area contributed by atoms with E-state index in [0.717, 1.165) is 25.3 Å². The number of piperidine rings is 1. The summed E-state index contributed by atoms with van der Waals surface area (Å²) in [7, 11) is -0.789. The molecule has 0 spiro atoms. The molecule has 0 aliphatic carbocycles. The number of hydrogen-bond donors (Lipinski definition) is 0. The second-order valence-electron chi connectivity index (χ2n) is 7.20. The molecule has 162 valence electrons. The Morgan fingerprint density at radius 2 is 1.87 bits per heavy atom. The monoisotopic (exact) mass is 437 g/mol. The minimum Gasteiger partial charge on any atom is -0.494 e. The maximum atomic E-state index is 13.9. The van der Waals surface area contributed by atoms with Gasteiger partial charge in [0.2, 0.25) is 10.0 Å². The van der Waals surface area contributed by atoms with E-state index in [-0.39, 0.29) is 28.6 Å². The van der Waals surface area contributed by atoms with Crippen molar-refractivity contribution in [2.45, 2.75) is 30.7 Å². The summed E-state index contributed by atoms with van der Waals surface area (Å²) >= 11 is 0. The van der Waals surface area contributed by atoms with Crippen LogP contribution in [-0.2, 0) is 16.6 Å². The van der Waals surface area contributed by atoms with E-state index in [2.05, 4.69) is 0 Å².